The van der Waals surface area contributed by atoms with Crippen molar-refractivity contribution in [2.75, 3.05) is 7.11 Å². The summed E-state index contributed by atoms with van der Waals surface area (Å²) in [5.41, 5.74) is 1.35. The highest BCUT2D eigenvalue weighted by Crippen LogP contribution is 2.37. The van der Waals surface area contributed by atoms with Gasteiger partial charge in [-0.05, 0) is 52.3 Å². The molecule has 1 aliphatic rings. The Kier molecular flexibility index (Phi) is 3.76. The number of benzene rings is 1. The smallest absolute Gasteiger partial charge is 0.496 e. The van der Waals surface area contributed by atoms with Crippen molar-refractivity contribution in [3.63, 3.8) is 0 Å². The largest absolute Gasteiger partial charge is 0.497 e. The first-order valence-electron chi connectivity index (χ1n) is 6.38. The average molecular weight is 327 g/mol. The Hall–Kier alpha value is -0.515. The lowest BCUT2D eigenvalue weighted by Crippen LogP contribution is -2.41. The van der Waals surface area contributed by atoms with Crippen molar-refractivity contribution in [2.45, 2.75) is 45.8 Å². The van der Waals surface area contributed by atoms with E-state index in [1.807, 2.05) is 19.1 Å². The molecule has 0 aromatic heterocycles. The monoisotopic (exact) mass is 326 g/mol. The number of methoxy groups -OCH3 is 1. The molecule has 0 atom stereocenters. The molecular weight excluding hydrogens is 307 g/mol. The molecule has 0 radical (unpaired) electrons. The van der Waals surface area contributed by atoms with Crippen molar-refractivity contribution in [3.05, 3.63) is 22.2 Å². The topological polar surface area (TPSA) is 27.7 Å². The number of ether oxygens (including phenoxy) is 1. The maximum absolute atomic E-state index is 6.10. The summed E-state index contributed by atoms with van der Waals surface area (Å²) >= 11 is 3.58. The third-order valence-electron chi connectivity index (χ3n) is 4.12. The van der Waals surface area contributed by atoms with Gasteiger partial charge in [0.1, 0.15) is 5.75 Å². The molecule has 1 saturated heterocycles. The molecule has 1 aliphatic heterocycles. The van der Waals surface area contributed by atoms with Crippen LogP contribution in [0, 0.1) is 6.92 Å². The third kappa shape index (κ3) is 2.44. The van der Waals surface area contributed by atoms with Crippen LogP contribution in [0.15, 0.2) is 16.6 Å². The minimum atomic E-state index is -0.380. The van der Waals surface area contributed by atoms with E-state index in [1.54, 1.807) is 7.11 Å². The zero-order valence-corrected chi connectivity index (χ0v) is 13.9. The second-order valence-electron chi connectivity index (χ2n) is 5.88. The maximum atomic E-state index is 6.10. The number of hydrogen-bond donors (Lipinski definition) is 0. The molecule has 5 heteroatoms. The van der Waals surface area contributed by atoms with E-state index in [2.05, 4.69) is 43.6 Å². The fraction of sp³-hybridized carbons (Fsp3) is 0.571. The van der Waals surface area contributed by atoms with Gasteiger partial charge in [0, 0.05) is 9.94 Å². The predicted octanol–water partition coefficient (Wildman–Crippen LogP) is 3.07. The highest BCUT2D eigenvalue weighted by atomic mass is 79.9. The fourth-order valence-electron chi connectivity index (χ4n) is 2.15. The Balaban J connectivity index is 2.45. The van der Waals surface area contributed by atoms with Crippen LogP contribution in [0.5, 0.6) is 5.75 Å². The van der Waals surface area contributed by atoms with Gasteiger partial charge in [-0.15, -0.1) is 0 Å². The molecule has 0 amide bonds. The molecule has 0 unspecified atom stereocenters. The van der Waals surface area contributed by atoms with Crippen LogP contribution in [0.4, 0.5) is 0 Å². The molecule has 0 aliphatic carbocycles. The van der Waals surface area contributed by atoms with Crippen molar-refractivity contribution >= 4 is 28.5 Å². The fourth-order valence-corrected chi connectivity index (χ4v) is 2.76. The molecule has 0 N–H and O–H groups in total. The van der Waals surface area contributed by atoms with Crippen molar-refractivity contribution in [3.8, 4) is 5.75 Å². The third-order valence-corrected chi connectivity index (χ3v) is 4.81. The highest BCUT2D eigenvalue weighted by Gasteiger charge is 2.52. The van der Waals surface area contributed by atoms with Crippen LogP contribution in [0.2, 0.25) is 0 Å². The second-order valence-corrected chi connectivity index (χ2v) is 6.73. The zero-order chi connectivity index (χ0) is 14.4. The van der Waals surface area contributed by atoms with E-state index in [9.17, 15) is 0 Å². The first-order chi connectivity index (χ1) is 8.69. The quantitative estimate of drug-likeness (QED) is 0.782. The van der Waals surface area contributed by atoms with Gasteiger partial charge in [0.15, 0.2) is 0 Å². The zero-order valence-electron chi connectivity index (χ0n) is 12.3. The standard InChI is InChI=1S/C14H20BBrO3/c1-9-11(17-6)8-7-10(16)12(9)15-18-13(2,3)14(4,5)19-15/h7-8H,1-6H3. The lowest BCUT2D eigenvalue weighted by atomic mass is 9.76. The van der Waals surface area contributed by atoms with Gasteiger partial charge in [0.05, 0.1) is 18.3 Å². The van der Waals surface area contributed by atoms with Gasteiger partial charge in [-0.2, -0.15) is 0 Å². The van der Waals surface area contributed by atoms with Gasteiger partial charge >= 0.3 is 7.12 Å². The average Bonchev–Trinajstić information content (AvgIpc) is 2.48. The molecule has 2 rings (SSSR count). The lowest BCUT2D eigenvalue weighted by Gasteiger charge is -2.32. The predicted molar refractivity (Wildman–Crippen MR) is 81.1 cm³/mol. The maximum Gasteiger partial charge on any atom is 0.496 e. The van der Waals surface area contributed by atoms with Crippen molar-refractivity contribution < 1.29 is 14.0 Å². The van der Waals surface area contributed by atoms with Gasteiger partial charge in [-0.1, -0.05) is 15.9 Å². The number of rotatable bonds is 2. The molecule has 19 heavy (non-hydrogen) atoms. The van der Waals surface area contributed by atoms with Gasteiger partial charge in [0.2, 0.25) is 0 Å². The summed E-state index contributed by atoms with van der Waals surface area (Å²) in [6, 6.07) is 3.90. The van der Waals surface area contributed by atoms with E-state index in [0.717, 1.165) is 21.2 Å². The van der Waals surface area contributed by atoms with Crippen LogP contribution in [0.25, 0.3) is 0 Å². The summed E-state index contributed by atoms with van der Waals surface area (Å²) in [5.74, 6) is 0.841. The second kappa shape index (κ2) is 4.79. The summed E-state index contributed by atoms with van der Waals surface area (Å²) in [6.07, 6.45) is 0. The molecule has 3 nitrogen and oxygen atoms in total. The molecule has 0 spiro atoms. The molecule has 1 heterocycles. The molecule has 1 aromatic carbocycles. The molecule has 0 bridgehead atoms. The van der Waals surface area contributed by atoms with E-state index < -0.39 is 0 Å². The van der Waals surface area contributed by atoms with Gasteiger partial charge in [-0.3, -0.25) is 0 Å². The normalized spacial score (nSPS) is 20.7. The Morgan fingerprint density at radius 1 is 1.11 bits per heavy atom. The van der Waals surface area contributed by atoms with Crippen LogP contribution < -0.4 is 10.2 Å². The molecule has 104 valence electrons. The first-order valence-corrected chi connectivity index (χ1v) is 7.17. The van der Waals surface area contributed by atoms with Crippen molar-refractivity contribution in [1.82, 2.24) is 0 Å². The molecule has 1 fully saturated rings. The van der Waals surface area contributed by atoms with Crippen LogP contribution in [-0.2, 0) is 9.31 Å². The summed E-state index contributed by atoms with van der Waals surface area (Å²) in [6.45, 7) is 10.2. The van der Waals surface area contributed by atoms with E-state index in [-0.39, 0.29) is 18.3 Å². The summed E-state index contributed by atoms with van der Waals surface area (Å²) in [7, 11) is 1.29. The van der Waals surface area contributed by atoms with E-state index in [4.69, 9.17) is 14.0 Å². The van der Waals surface area contributed by atoms with Crippen LogP contribution >= 0.6 is 15.9 Å². The van der Waals surface area contributed by atoms with Crippen LogP contribution in [-0.4, -0.2) is 25.4 Å². The van der Waals surface area contributed by atoms with Crippen LogP contribution in [0.1, 0.15) is 33.3 Å². The minimum absolute atomic E-state index is 0.341. The van der Waals surface area contributed by atoms with E-state index in [0.29, 0.717) is 0 Å². The summed E-state index contributed by atoms with van der Waals surface area (Å²) in [5, 5.41) is 0. The number of halogens is 1. The molecule has 1 aromatic rings. The Bertz CT molecular complexity index is 484. The Morgan fingerprint density at radius 2 is 1.63 bits per heavy atom. The number of hydrogen-bond acceptors (Lipinski definition) is 3. The summed E-state index contributed by atoms with van der Waals surface area (Å²) < 4.78 is 18.6. The van der Waals surface area contributed by atoms with Crippen molar-refractivity contribution in [2.24, 2.45) is 0 Å². The lowest BCUT2D eigenvalue weighted by molar-refractivity contribution is 0.00578. The van der Waals surface area contributed by atoms with E-state index in [1.165, 1.54) is 0 Å². The molecular formula is C14H20BBrO3. The van der Waals surface area contributed by atoms with E-state index >= 15 is 0 Å². The minimum Gasteiger partial charge on any atom is -0.497 e. The van der Waals surface area contributed by atoms with Crippen molar-refractivity contribution in [1.29, 1.82) is 0 Å². The van der Waals surface area contributed by atoms with Gasteiger partial charge in [-0.25, -0.2) is 0 Å². The SMILES string of the molecule is COc1ccc(Br)c(B2OC(C)(C)C(C)(C)O2)c1C. The van der Waals surface area contributed by atoms with Crippen LogP contribution in [0.3, 0.4) is 0 Å². The Labute approximate surface area is 123 Å². The van der Waals surface area contributed by atoms with Gasteiger partial charge in [0.25, 0.3) is 0 Å². The highest BCUT2D eigenvalue weighted by molar-refractivity contribution is 9.10. The first kappa shape index (κ1) is 14.9. The Morgan fingerprint density at radius 3 is 2.11 bits per heavy atom. The van der Waals surface area contributed by atoms with Gasteiger partial charge < -0.3 is 14.0 Å². The summed E-state index contributed by atoms with van der Waals surface area (Å²) in [4.78, 5) is 0. The molecule has 0 saturated carbocycles.